The van der Waals surface area contributed by atoms with Crippen LogP contribution in [0, 0.1) is 0 Å². The average molecular weight is 419 g/mol. The summed E-state index contributed by atoms with van der Waals surface area (Å²) in [5.74, 6) is 0.643. The van der Waals surface area contributed by atoms with Crippen molar-refractivity contribution in [1.29, 1.82) is 0 Å². The molecular weight excluding hydrogens is 398 g/mol. The summed E-state index contributed by atoms with van der Waals surface area (Å²) in [6.45, 7) is 0.780. The Kier molecular flexibility index (Phi) is 5.45. The average Bonchev–Trinajstić information content (AvgIpc) is 3.37. The van der Waals surface area contributed by atoms with Crippen molar-refractivity contribution >= 4 is 16.8 Å². The van der Waals surface area contributed by atoms with Gasteiger partial charge in [-0.25, -0.2) is 4.98 Å². The lowest BCUT2D eigenvalue weighted by atomic mass is 10.0. The highest BCUT2D eigenvalue weighted by Gasteiger charge is 2.21. The monoisotopic (exact) mass is 419 g/mol. The van der Waals surface area contributed by atoms with E-state index in [2.05, 4.69) is 4.98 Å². The molecule has 2 aromatic carbocycles. The predicted molar refractivity (Wildman–Crippen MR) is 124 cm³/mol. The SMILES string of the molecule is O=C(c1cc(-c2ccccc2)nc2ccccc12)N(Cc1cccnc1)Cc1ccco1. The summed E-state index contributed by atoms with van der Waals surface area (Å²) in [5.41, 5.74) is 4.10. The smallest absolute Gasteiger partial charge is 0.255 e. The summed E-state index contributed by atoms with van der Waals surface area (Å²) in [6.07, 6.45) is 5.13. The molecule has 0 saturated heterocycles. The molecule has 5 aromatic rings. The van der Waals surface area contributed by atoms with Crippen LogP contribution in [0.3, 0.4) is 0 Å². The fourth-order valence-electron chi connectivity index (χ4n) is 3.78. The molecular formula is C27H21N3O2. The van der Waals surface area contributed by atoms with Crippen molar-refractivity contribution in [2.75, 3.05) is 0 Å². The Morgan fingerprint density at radius 3 is 2.50 bits per heavy atom. The molecule has 0 radical (unpaired) electrons. The van der Waals surface area contributed by atoms with Gasteiger partial charge in [0.2, 0.25) is 0 Å². The van der Waals surface area contributed by atoms with E-state index in [9.17, 15) is 4.79 Å². The molecule has 0 atom stereocenters. The van der Waals surface area contributed by atoms with Crippen LogP contribution in [-0.4, -0.2) is 20.8 Å². The molecule has 0 saturated carbocycles. The highest BCUT2D eigenvalue weighted by atomic mass is 16.3. The van der Waals surface area contributed by atoms with E-state index in [1.54, 1.807) is 23.6 Å². The third-order valence-electron chi connectivity index (χ3n) is 5.33. The minimum atomic E-state index is -0.0824. The third kappa shape index (κ3) is 4.14. The summed E-state index contributed by atoms with van der Waals surface area (Å²) < 4.78 is 5.55. The summed E-state index contributed by atoms with van der Waals surface area (Å²) in [4.78, 5) is 24.7. The molecule has 0 aliphatic carbocycles. The van der Waals surface area contributed by atoms with Crippen LogP contribution < -0.4 is 0 Å². The molecule has 3 heterocycles. The molecule has 0 unspecified atom stereocenters. The molecule has 0 fully saturated rings. The van der Waals surface area contributed by atoms with Crippen LogP contribution >= 0.6 is 0 Å². The lowest BCUT2D eigenvalue weighted by Gasteiger charge is -2.23. The van der Waals surface area contributed by atoms with E-state index >= 15 is 0 Å². The van der Waals surface area contributed by atoms with Crippen LogP contribution in [-0.2, 0) is 13.1 Å². The van der Waals surface area contributed by atoms with Gasteiger partial charge in [-0.3, -0.25) is 9.78 Å². The second-order valence-electron chi connectivity index (χ2n) is 7.54. The van der Waals surface area contributed by atoms with Crippen molar-refractivity contribution < 1.29 is 9.21 Å². The fraction of sp³-hybridized carbons (Fsp3) is 0.0741. The molecule has 0 N–H and O–H groups in total. The molecule has 0 spiro atoms. The van der Waals surface area contributed by atoms with Crippen LogP contribution in [0.4, 0.5) is 0 Å². The first-order chi connectivity index (χ1) is 15.8. The molecule has 0 aliphatic rings. The summed E-state index contributed by atoms with van der Waals surface area (Å²) in [5, 5.41) is 0.827. The van der Waals surface area contributed by atoms with Gasteiger partial charge < -0.3 is 9.32 Å². The van der Waals surface area contributed by atoms with Gasteiger partial charge in [-0.05, 0) is 35.9 Å². The van der Waals surface area contributed by atoms with Crippen molar-refractivity contribution in [3.05, 3.63) is 120 Å². The number of carbonyl (C=O) groups is 1. The number of amides is 1. The van der Waals surface area contributed by atoms with Crippen LogP contribution in [0.25, 0.3) is 22.2 Å². The number of hydrogen-bond acceptors (Lipinski definition) is 4. The zero-order valence-electron chi connectivity index (χ0n) is 17.4. The normalized spacial score (nSPS) is 10.9. The Bertz CT molecular complexity index is 1330. The van der Waals surface area contributed by atoms with Crippen molar-refractivity contribution in [3.8, 4) is 11.3 Å². The van der Waals surface area contributed by atoms with Gasteiger partial charge in [-0.1, -0.05) is 54.6 Å². The molecule has 32 heavy (non-hydrogen) atoms. The van der Waals surface area contributed by atoms with E-state index in [-0.39, 0.29) is 5.91 Å². The summed E-state index contributed by atoms with van der Waals surface area (Å²) >= 11 is 0. The van der Waals surface area contributed by atoms with Gasteiger partial charge in [-0.2, -0.15) is 0 Å². The Hall–Kier alpha value is -4.25. The maximum Gasteiger partial charge on any atom is 0.255 e. The van der Waals surface area contributed by atoms with E-state index < -0.39 is 0 Å². The highest BCUT2D eigenvalue weighted by Crippen LogP contribution is 2.27. The van der Waals surface area contributed by atoms with Crippen LogP contribution in [0.15, 0.2) is 108 Å². The lowest BCUT2D eigenvalue weighted by Crippen LogP contribution is -2.30. The highest BCUT2D eigenvalue weighted by molar-refractivity contribution is 6.07. The van der Waals surface area contributed by atoms with E-state index in [1.807, 2.05) is 84.9 Å². The summed E-state index contributed by atoms with van der Waals surface area (Å²) in [6, 6.07) is 27.1. The lowest BCUT2D eigenvalue weighted by molar-refractivity contribution is 0.0719. The Balaban J connectivity index is 1.60. The van der Waals surface area contributed by atoms with Gasteiger partial charge in [0.05, 0.1) is 29.6 Å². The number of fused-ring (bicyclic) bond motifs is 1. The number of furan rings is 1. The number of rotatable bonds is 6. The van der Waals surface area contributed by atoms with Crippen LogP contribution in [0.2, 0.25) is 0 Å². The zero-order valence-corrected chi connectivity index (χ0v) is 17.4. The number of benzene rings is 2. The number of hydrogen-bond donors (Lipinski definition) is 0. The summed E-state index contributed by atoms with van der Waals surface area (Å²) in [7, 11) is 0. The van der Waals surface area contributed by atoms with Crippen molar-refractivity contribution in [1.82, 2.24) is 14.9 Å². The van der Waals surface area contributed by atoms with E-state index in [1.165, 1.54) is 0 Å². The van der Waals surface area contributed by atoms with E-state index in [0.717, 1.165) is 33.5 Å². The quantitative estimate of drug-likeness (QED) is 0.353. The topological polar surface area (TPSA) is 59.2 Å². The fourth-order valence-corrected chi connectivity index (χ4v) is 3.78. The van der Waals surface area contributed by atoms with Crippen molar-refractivity contribution in [2.24, 2.45) is 0 Å². The maximum atomic E-state index is 13.9. The van der Waals surface area contributed by atoms with Crippen LogP contribution in [0.5, 0.6) is 0 Å². The van der Waals surface area contributed by atoms with Gasteiger partial charge in [-0.15, -0.1) is 0 Å². The second-order valence-corrected chi connectivity index (χ2v) is 7.54. The minimum absolute atomic E-state index is 0.0824. The second kappa shape index (κ2) is 8.86. The Labute approximate surface area is 186 Å². The molecule has 5 nitrogen and oxygen atoms in total. The third-order valence-corrected chi connectivity index (χ3v) is 5.33. The van der Waals surface area contributed by atoms with Gasteiger partial charge >= 0.3 is 0 Å². The molecule has 156 valence electrons. The number of pyridine rings is 2. The standard InChI is InChI=1S/C27H21N3O2/c31-27(30(19-22-11-7-15-32-22)18-20-8-6-14-28-17-20)24-16-26(21-9-2-1-3-10-21)29-25-13-5-4-12-23(24)25/h1-17H,18-19H2. The molecule has 3 aromatic heterocycles. The Morgan fingerprint density at radius 2 is 1.72 bits per heavy atom. The van der Waals surface area contributed by atoms with Gasteiger partial charge in [0.1, 0.15) is 5.76 Å². The molecule has 0 bridgehead atoms. The van der Waals surface area contributed by atoms with Crippen LogP contribution in [0.1, 0.15) is 21.7 Å². The maximum absolute atomic E-state index is 13.9. The molecule has 5 heteroatoms. The first-order valence-corrected chi connectivity index (χ1v) is 10.4. The predicted octanol–water partition coefficient (Wildman–Crippen LogP) is 5.73. The van der Waals surface area contributed by atoms with Gasteiger partial charge in [0.15, 0.2) is 0 Å². The zero-order chi connectivity index (χ0) is 21.8. The number of nitrogens with zero attached hydrogens (tertiary/aromatic N) is 3. The Morgan fingerprint density at radius 1 is 0.875 bits per heavy atom. The number of aromatic nitrogens is 2. The number of para-hydroxylation sites is 1. The first kappa shape index (κ1) is 19.7. The first-order valence-electron chi connectivity index (χ1n) is 10.4. The van der Waals surface area contributed by atoms with Crippen molar-refractivity contribution in [3.63, 3.8) is 0 Å². The largest absolute Gasteiger partial charge is 0.467 e. The number of carbonyl (C=O) groups excluding carboxylic acids is 1. The van der Waals surface area contributed by atoms with Crippen molar-refractivity contribution in [2.45, 2.75) is 13.1 Å². The molecule has 1 amide bonds. The van der Waals surface area contributed by atoms with E-state index in [0.29, 0.717) is 18.7 Å². The molecule has 0 aliphatic heterocycles. The van der Waals surface area contributed by atoms with E-state index in [4.69, 9.17) is 9.40 Å². The molecule has 5 rings (SSSR count). The minimum Gasteiger partial charge on any atom is -0.467 e. The van der Waals surface area contributed by atoms with Gasteiger partial charge in [0, 0.05) is 29.9 Å². The van der Waals surface area contributed by atoms with Gasteiger partial charge in [0.25, 0.3) is 5.91 Å².